The topological polar surface area (TPSA) is 95.9 Å². The lowest BCUT2D eigenvalue weighted by Gasteiger charge is -2.24. The van der Waals surface area contributed by atoms with Crippen LogP contribution in [0.1, 0.15) is 233 Å². The first-order valence-corrected chi connectivity index (χ1v) is 27.2. The molecule has 3 N–H and O–H groups in total. The maximum absolute atomic E-state index is 13.2. The van der Waals surface area contributed by atoms with Crippen LogP contribution in [0.15, 0.2) is 109 Å². The number of rotatable bonds is 47. The highest BCUT2D eigenvalue weighted by molar-refractivity contribution is 5.77. The first-order chi connectivity index (χ1) is 32.5. The molecule has 0 heterocycles. The quantitative estimate of drug-likeness (QED) is 0.0245. The van der Waals surface area contributed by atoms with Crippen molar-refractivity contribution in [1.82, 2.24) is 5.32 Å². The molecule has 0 aromatic rings. The molecule has 6 heteroatoms. The molecule has 0 saturated heterocycles. The summed E-state index contributed by atoms with van der Waals surface area (Å²) in [6.45, 7) is 6.29. The number of hydrogen-bond donors (Lipinski definition) is 3. The number of hydrogen-bond acceptors (Lipinski definition) is 5. The predicted molar refractivity (Wildman–Crippen MR) is 287 cm³/mol. The molecule has 3 unspecified atom stereocenters. The maximum atomic E-state index is 13.2. The van der Waals surface area contributed by atoms with Crippen LogP contribution >= 0.6 is 0 Å². The van der Waals surface area contributed by atoms with Gasteiger partial charge in [-0.2, -0.15) is 0 Å². The summed E-state index contributed by atoms with van der Waals surface area (Å²) in [6.07, 6.45) is 71.4. The lowest BCUT2D eigenvalue weighted by Crippen LogP contribution is -2.46. The molecular weight excluding hydrogens is 815 g/mol. The fraction of sp³-hybridized carbons (Fsp3) is 0.667. The number of esters is 1. The Balaban J connectivity index is 4.74. The zero-order valence-electron chi connectivity index (χ0n) is 42.8. The van der Waals surface area contributed by atoms with Gasteiger partial charge in [0.2, 0.25) is 5.91 Å². The van der Waals surface area contributed by atoms with E-state index in [1.807, 2.05) is 54.7 Å². The molecule has 6 nitrogen and oxygen atoms in total. The molecule has 0 bridgehead atoms. The van der Waals surface area contributed by atoms with E-state index in [-0.39, 0.29) is 24.9 Å². The SMILES string of the molecule is CC\C=C/C=C/C=C/C=C\C=C\C=C\CCCCCC(=O)OC(CCCC/C=C\C/C=C\C/C=C\CCCCC)CC(=O)NC(CO)C(O)CCCCCCCCCCCCCCCCC. The Labute approximate surface area is 407 Å². The summed E-state index contributed by atoms with van der Waals surface area (Å²) in [4.78, 5) is 26.2. The number of carbonyl (C=O) groups excluding carboxylic acids is 2. The lowest BCUT2D eigenvalue weighted by molar-refractivity contribution is -0.151. The van der Waals surface area contributed by atoms with Crippen molar-refractivity contribution in [3.05, 3.63) is 109 Å². The van der Waals surface area contributed by atoms with E-state index in [4.69, 9.17) is 4.74 Å². The Morgan fingerprint density at radius 3 is 1.41 bits per heavy atom. The van der Waals surface area contributed by atoms with Gasteiger partial charge in [0.1, 0.15) is 6.10 Å². The molecule has 0 aliphatic rings. The molecule has 0 rings (SSSR count). The smallest absolute Gasteiger partial charge is 0.306 e. The molecule has 66 heavy (non-hydrogen) atoms. The van der Waals surface area contributed by atoms with Gasteiger partial charge in [-0.1, -0.05) is 246 Å². The molecule has 0 fully saturated rings. The molecule has 0 spiro atoms. The van der Waals surface area contributed by atoms with Crippen LogP contribution in [0.3, 0.4) is 0 Å². The number of allylic oxidation sites excluding steroid dienone is 18. The van der Waals surface area contributed by atoms with E-state index in [1.54, 1.807) is 0 Å². The minimum absolute atomic E-state index is 0.0269. The van der Waals surface area contributed by atoms with Gasteiger partial charge in [-0.3, -0.25) is 9.59 Å². The molecule has 0 aromatic carbocycles. The van der Waals surface area contributed by atoms with E-state index < -0.39 is 18.2 Å². The summed E-state index contributed by atoms with van der Waals surface area (Å²) in [5, 5.41) is 23.8. The van der Waals surface area contributed by atoms with E-state index in [0.29, 0.717) is 19.3 Å². The number of aliphatic hydroxyl groups excluding tert-OH is 2. The van der Waals surface area contributed by atoms with Crippen molar-refractivity contribution in [2.75, 3.05) is 6.61 Å². The summed E-state index contributed by atoms with van der Waals surface area (Å²) in [7, 11) is 0. The van der Waals surface area contributed by atoms with Gasteiger partial charge in [0, 0.05) is 6.42 Å². The van der Waals surface area contributed by atoms with E-state index in [9.17, 15) is 19.8 Å². The van der Waals surface area contributed by atoms with Gasteiger partial charge in [-0.05, 0) is 83.5 Å². The van der Waals surface area contributed by atoms with Crippen molar-refractivity contribution in [2.45, 2.75) is 251 Å². The number of amides is 1. The number of nitrogens with one attached hydrogen (secondary N) is 1. The third-order valence-electron chi connectivity index (χ3n) is 11.7. The van der Waals surface area contributed by atoms with Crippen molar-refractivity contribution >= 4 is 11.9 Å². The van der Waals surface area contributed by atoms with Gasteiger partial charge < -0.3 is 20.3 Å². The normalized spacial score (nSPS) is 14.1. The minimum Gasteiger partial charge on any atom is -0.462 e. The van der Waals surface area contributed by atoms with Crippen LogP contribution in [0.25, 0.3) is 0 Å². The van der Waals surface area contributed by atoms with Crippen LogP contribution in [0.2, 0.25) is 0 Å². The van der Waals surface area contributed by atoms with Gasteiger partial charge in [0.15, 0.2) is 0 Å². The summed E-state index contributed by atoms with van der Waals surface area (Å²) >= 11 is 0. The maximum Gasteiger partial charge on any atom is 0.306 e. The zero-order chi connectivity index (χ0) is 48.1. The van der Waals surface area contributed by atoms with E-state index in [1.165, 1.54) is 103 Å². The minimum atomic E-state index is -0.813. The Morgan fingerprint density at radius 1 is 0.470 bits per heavy atom. The molecule has 1 amide bonds. The Hall–Kier alpha value is -3.48. The van der Waals surface area contributed by atoms with Gasteiger partial charge in [0.05, 0.1) is 25.2 Å². The molecule has 376 valence electrons. The fourth-order valence-corrected chi connectivity index (χ4v) is 7.64. The van der Waals surface area contributed by atoms with Gasteiger partial charge in [-0.25, -0.2) is 0 Å². The first kappa shape index (κ1) is 62.5. The van der Waals surface area contributed by atoms with Crippen LogP contribution in [-0.4, -0.2) is 46.9 Å². The summed E-state index contributed by atoms with van der Waals surface area (Å²) in [6, 6.07) is -0.731. The number of unbranched alkanes of at least 4 members (excludes halogenated alkanes) is 22. The molecule has 0 aliphatic carbocycles. The average Bonchev–Trinajstić information content (AvgIpc) is 3.31. The standard InChI is InChI=1S/C60H101NO5/c1-4-7-10-13-16-19-22-25-28-29-32-35-38-41-44-47-50-53-60(65)66-56(51-48-45-42-39-36-33-30-26-23-20-17-14-11-8-5-2)54-59(64)61-57(55-62)58(63)52-49-46-43-40-37-34-31-27-24-21-18-15-12-9-6-3/h7,10,13,16-17,19-20,22,25-26,28-30,32,35-36,38-39,56-58,62-63H,4-6,8-9,11-12,14-15,18,21,23-24,27,31,33-34,37,40-55H2,1-3H3,(H,61,64)/b10-7-,16-13+,20-17-,22-19+,28-25-,30-26-,32-29+,38-35+,39-36-. The van der Waals surface area contributed by atoms with Crippen molar-refractivity contribution < 1.29 is 24.5 Å². The second-order valence-corrected chi connectivity index (χ2v) is 18.0. The van der Waals surface area contributed by atoms with Crippen LogP contribution in [0.4, 0.5) is 0 Å². The van der Waals surface area contributed by atoms with Crippen molar-refractivity contribution in [3.63, 3.8) is 0 Å². The molecule has 0 saturated carbocycles. The van der Waals surface area contributed by atoms with Crippen LogP contribution in [0.5, 0.6) is 0 Å². The molecule has 0 aliphatic heterocycles. The van der Waals surface area contributed by atoms with Crippen molar-refractivity contribution in [1.29, 1.82) is 0 Å². The van der Waals surface area contributed by atoms with Gasteiger partial charge >= 0.3 is 5.97 Å². The Morgan fingerprint density at radius 2 is 0.879 bits per heavy atom. The highest BCUT2D eigenvalue weighted by atomic mass is 16.5. The van der Waals surface area contributed by atoms with Crippen molar-refractivity contribution in [3.8, 4) is 0 Å². The third kappa shape index (κ3) is 47.0. The van der Waals surface area contributed by atoms with Crippen LogP contribution in [-0.2, 0) is 14.3 Å². The third-order valence-corrected chi connectivity index (χ3v) is 11.7. The molecule has 3 atom stereocenters. The van der Waals surface area contributed by atoms with Crippen LogP contribution < -0.4 is 5.32 Å². The highest BCUT2D eigenvalue weighted by Crippen LogP contribution is 2.17. The molecule has 0 radical (unpaired) electrons. The number of ether oxygens (including phenoxy) is 1. The Bertz CT molecular complexity index is 1350. The largest absolute Gasteiger partial charge is 0.462 e. The van der Waals surface area contributed by atoms with Crippen molar-refractivity contribution in [2.24, 2.45) is 0 Å². The highest BCUT2D eigenvalue weighted by Gasteiger charge is 2.24. The van der Waals surface area contributed by atoms with E-state index >= 15 is 0 Å². The fourth-order valence-electron chi connectivity index (χ4n) is 7.64. The lowest BCUT2D eigenvalue weighted by atomic mass is 10.0. The first-order valence-electron chi connectivity index (χ1n) is 27.2. The van der Waals surface area contributed by atoms with E-state index in [0.717, 1.165) is 83.5 Å². The number of aliphatic hydroxyl groups is 2. The molecule has 0 aromatic heterocycles. The van der Waals surface area contributed by atoms with E-state index in [2.05, 4.69) is 80.8 Å². The summed E-state index contributed by atoms with van der Waals surface area (Å²) in [5.41, 5.74) is 0. The number of carbonyl (C=O) groups is 2. The van der Waals surface area contributed by atoms with Crippen LogP contribution in [0, 0.1) is 0 Å². The Kier molecular flexibility index (Phi) is 49.7. The van der Waals surface area contributed by atoms with Gasteiger partial charge in [-0.15, -0.1) is 0 Å². The molecular formula is C60H101NO5. The summed E-state index contributed by atoms with van der Waals surface area (Å²) in [5.74, 6) is -0.570. The summed E-state index contributed by atoms with van der Waals surface area (Å²) < 4.78 is 5.91. The predicted octanol–water partition coefficient (Wildman–Crippen LogP) is 16.7. The average molecular weight is 916 g/mol. The van der Waals surface area contributed by atoms with Gasteiger partial charge in [0.25, 0.3) is 0 Å². The zero-order valence-corrected chi connectivity index (χ0v) is 42.8. The second-order valence-electron chi connectivity index (χ2n) is 18.0. The second kappa shape index (κ2) is 52.5. The monoisotopic (exact) mass is 916 g/mol.